The molecule has 0 radical (unpaired) electrons. The zero-order chi connectivity index (χ0) is 19.9. The van der Waals surface area contributed by atoms with Gasteiger partial charge in [0.25, 0.3) is 11.3 Å². The Bertz CT molecular complexity index is 1040. The molecule has 8 heteroatoms. The van der Waals surface area contributed by atoms with Crippen LogP contribution in [0.15, 0.2) is 29.6 Å². The summed E-state index contributed by atoms with van der Waals surface area (Å²) in [5, 5.41) is 4.31. The number of hydrogen-bond donors (Lipinski definition) is 0. The summed E-state index contributed by atoms with van der Waals surface area (Å²) in [4.78, 5) is 27.9. The highest BCUT2D eigenvalue weighted by molar-refractivity contribution is 5.47. The van der Waals surface area contributed by atoms with Crippen molar-refractivity contribution in [3.63, 3.8) is 0 Å². The standard InChI is InChI=1S/C20H27N7O/c1-14-9-17(27-19(24-14)21-12-23-27)25-7-5-15(6-8-25)11-26-13-22-16(10-18(26)28)20(2,3)4/h9-10,12-13,15H,5-8,11H2,1-4H3. The largest absolute Gasteiger partial charge is 0.356 e. The number of rotatable bonds is 3. The second-order valence-corrected chi connectivity index (χ2v) is 8.67. The third-order valence-electron chi connectivity index (χ3n) is 5.40. The number of aromatic nitrogens is 6. The van der Waals surface area contributed by atoms with Crippen LogP contribution in [0, 0.1) is 12.8 Å². The van der Waals surface area contributed by atoms with Gasteiger partial charge in [-0.05, 0) is 25.7 Å². The maximum Gasteiger partial charge on any atom is 0.254 e. The van der Waals surface area contributed by atoms with Crippen LogP contribution in [0.4, 0.5) is 5.82 Å². The summed E-state index contributed by atoms with van der Waals surface area (Å²) in [6.07, 6.45) is 5.29. The molecule has 0 saturated carbocycles. The molecule has 148 valence electrons. The molecule has 4 heterocycles. The molecular weight excluding hydrogens is 354 g/mol. The molecular formula is C20H27N7O. The summed E-state index contributed by atoms with van der Waals surface area (Å²) in [5.74, 6) is 2.13. The summed E-state index contributed by atoms with van der Waals surface area (Å²) in [6, 6.07) is 3.73. The number of nitrogens with zero attached hydrogens (tertiary/aromatic N) is 7. The first-order valence-corrected chi connectivity index (χ1v) is 9.80. The van der Waals surface area contributed by atoms with Gasteiger partial charge in [-0.2, -0.15) is 14.6 Å². The van der Waals surface area contributed by atoms with Crippen molar-refractivity contribution in [2.45, 2.75) is 52.5 Å². The molecule has 3 aromatic heterocycles. The second kappa shape index (κ2) is 7.00. The van der Waals surface area contributed by atoms with Crippen LogP contribution in [0.25, 0.3) is 5.78 Å². The molecule has 1 aliphatic heterocycles. The monoisotopic (exact) mass is 381 g/mol. The SMILES string of the molecule is Cc1cc(N2CCC(Cn3cnc(C(C)(C)C)cc3=O)CC2)n2ncnc2n1. The Morgan fingerprint density at radius 1 is 1.14 bits per heavy atom. The molecule has 0 unspecified atom stereocenters. The van der Waals surface area contributed by atoms with Crippen molar-refractivity contribution in [1.82, 2.24) is 29.1 Å². The lowest BCUT2D eigenvalue weighted by Crippen LogP contribution is -2.37. The Morgan fingerprint density at radius 3 is 2.57 bits per heavy atom. The Balaban J connectivity index is 1.45. The normalized spacial score (nSPS) is 16.1. The van der Waals surface area contributed by atoms with E-state index in [0.29, 0.717) is 11.7 Å². The van der Waals surface area contributed by atoms with Gasteiger partial charge in [0, 0.05) is 42.9 Å². The predicted octanol–water partition coefficient (Wildman–Crippen LogP) is 2.20. The Hall–Kier alpha value is -2.77. The van der Waals surface area contributed by atoms with Gasteiger partial charge in [0.2, 0.25) is 0 Å². The van der Waals surface area contributed by atoms with Gasteiger partial charge in [0.05, 0.1) is 12.0 Å². The van der Waals surface area contributed by atoms with E-state index in [1.165, 1.54) is 0 Å². The van der Waals surface area contributed by atoms with E-state index in [-0.39, 0.29) is 11.0 Å². The van der Waals surface area contributed by atoms with Gasteiger partial charge in [-0.25, -0.2) is 9.97 Å². The van der Waals surface area contributed by atoms with Gasteiger partial charge < -0.3 is 4.90 Å². The molecule has 0 N–H and O–H groups in total. The van der Waals surface area contributed by atoms with Crippen LogP contribution in [-0.4, -0.2) is 42.2 Å². The highest BCUT2D eigenvalue weighted by Gasteiger charge is 2.23. The van der Waals surface area contributed by atoms with Gasteiger partial charge in [-0.15, -0.1) is 0 Å². The number of fused-ring (bicyclic) bond motifs is 1. The Labute approximate surface area is 164 Å². The van der Waals surface area contributed by atoms with E-state index >= 15 is 0 Å². The van der Waals surface area contributed by atoms with Crippen molar-refractivity contribution in [2.24, 2.45) is 5.92 Å². The maximum atomic E-state index is 12.5. The van der Waals surface area contributed by atoms with Gasteiger partial charge in [0.15, 0.2) is 0 Å². The number of anilines is 1. The highest BCUT2D eigenvalue weighted by Crippen LogP contribution is 2.25. The molecule has 1 saturated heterocycles. The minimum atomic E-state index is -0.112. The average Bonchev–Trinajstić information content (AvgIpc) is 3.11. The fraction of sp³-hybridized carbons (Fsp3) is 0.550. The lowest BCUT2D eigenvalue weighted by molar-refractivity contribution is 0.348. The molecule has 1 aliphatic rings. The van der Waals surface area contributed by atoms with Crippen LogP contribution < -0.4 is 10.5 Å². The fourth-order valence-electron chi connectivity index (χ4n) is 3.73. The van der Waals surface area contributed by atoms with Crippen molar-refractivity contribution in [3.05, 3.63) is 46.5 Å². The Morgan fingerprint density at radius 2 is 1.89 bits per heavy atom. The number of piperidine rings is 1. The Kier molecular flexibility index (Phi) is 4.64. The second-order valence-electron chi connectivity index (χ2n) is 8.67. The van der Waals surface area contributed by atoms with Crippen LogP contribution >= 0.6 is 0 Å². The lowest BCUT2D eigenvalue weighted by atomic mass is 9.92. The number of aryl methyl sites for hydroxylation is 1. The summed E-state index contributed by atoms with van der Waals surface area (Å²) in [5.41, 5.74) is 1.71. The average molecular weight is 381 g/mol. The topological polar surface area (TPSA) is 81.2 Å². The highest BCUT2D eigenvalue weighted by atomic mass is 16.1. The third-order valence-corrected chi connectivity index (χ3v) is 5.40. The molecule has 0 amide bonds. The molecule has 28 heavy (non-hydrogen) atoms. The van der Waals surface area contributed by atoms with Crippen LogP contribution in [0.5, 0.6) is 0 Å². The van der Waals surface area contributed by atoms with Gasteiger partial charge in [-0.1, -0.05) is 20.8 Å². The smallest absolute Gasteiger partial charge is 0.254 e. The van der Waals surface area contributed by atoms with E-state index in [0.717, 1.165) is 49.7 Å². The molecule has 0 spiro atoms. The van der Waals surface area contributed by atoms with Crippen molar-refractivity contribution in [3.8, 4) is 0 Å². The summed E-state index contributed by atoms with van der Waals surface area (Å²) in [6.45, 7) is 10.8. The first-order valence-electron chi connectivity index (χ1n) is 9.80. The van der Waals surface area contributed by atoms with Crippen molar-refractivity contribution < 1.29 is 0 Å². The lowest BCUT2D eigenvalue weighted by Gasteiger charge is -2.33. The van der Waals surface area contributed by atoms with E-state index in [9.17, 15) is 4.79 Å². The minimum absolute atomic E-state index is 0.0384. The van der Waals surface area contributed by atoms with E-state index in [1.54, 1.807) is 27.8 Å². The summed E-state index contributed by atoms with van der Waals surface area (Å²) in [7, 11) is 0. The predicted molar refractivity (Wildman–Crippen MR) is 108 cm³/mol. The molecule has 0 bridgehead atoms. The first-order chi connectivity index (χ1) is 13.3. The van der Waals surface area contributed by atoms with E-state index < -0.39 is 0 Å². The first kappa shape index (κ1) is 18.6. The molecule has 1 fully saturated rings. The zero-order valence-corrected chi connectivity index (χ0v) is 17.0. The summed E-state index contributed by atoms with van der Waals surface area (Å²) < 4.78 is 3.55. The molecule has 4 rings (SSSR count). The van der Waals surface area contributed by atoms with Crippen LogP contribution in [-0.2, 0) is 12.0 Å². The fourth-order valence-corrected chi connectivity index (χ4v) is 3.73. The zero-order valence-electron chi connectivity index (χ0n) is 17.0. The van der Waals surface area contributed by atoms with Crippen LogP contribution in [0.1, 0.15) is 45.0 Å². The van der Waals surface area contributed by atoms with Gasteiger partial charge in [0.1, 0.15) is 12.1 Å². The van der Waals surface area contributed by atoms with Crippen molar-refractivity contribution in [1.29, 1.82) is 0 Å². The van der Waals surface area contributed by atoms with E-state index in [2.05, 4.69) is 51.8 Å². The van der Waals surface area contributed by atoms with E-state index in [1.807, 2.05) is 6.92 Å². The van der Waals surface area contributed by atoms with Crippen LogP contribution in [0.3, 0.4) is 0 Å². The van der Waals surface area contributed by atoms with Crippen LogP contribution in [0.2, 0.25) is 0 Å². The van der Waals surface area contributed by atoms with Gasteiger partial charge in [-0.3, -0.25) is 9.36 Å². The molecule has 3 aromatic rings. The quantitative estimate of drug-likeness (QED) is 0.692. The molecule has 8 nitrogen and oxygen atoms in total. The van der Waals surface area contributed by atoms with E-state index in [4.69, 9.17) is 0 Å². The third kappa shape index (κ3) is 3.63. The summed E-state index contributed by atoms with van der Waals surface area (Å²) >= 11 is 0. The molecule has 0 aromatic carbocycles. The minimum Gasteiger partial charge on any atom is -0.356 e. The van der Waals surface area contributed by atoms with Gasteiger partial charge >= 0.3 is 0 Å². The van der Waals surface area contributed by atoms with Crippen molar-refractivity contribution >= 4 is 11.6 Å². The number of hydrogen-bond acceptors (Lipinski definition) is 6. The maximum absolute atomic E-state index is 12.5. The van der Waals surface area contributed by atoms with Crippen molar-refractivity contribution in [2.75, 3.05) is 18.0 Å². The molecule has 0 aliphatic carbocycles. The molecule has 0 atom stereocenters.